The monoisotopic (exact) mass is 228 g/mol. The van der Waals surface area contributed by atoms with Gasteiger partial charge >= 0.3 is 0 Å². The van der Waals surface area contributed by atoms with Crippen LogP contribution in [0, 0.1) is 0 Å². The van der Waals surface area contributed by atoms with Crippen LogP contribution in [0.25, 0.3) is 0 Å². The average molecular weight is 229 g/mol. The maximum atomic E-state index is 5.85. The van der Waals surface area contributed by atoms with Crippen LogP contribution < -0.4 is 15.4 Å². The van der Waals surface area contributed by atoms with E-state index in [1.54, 1.807) is 7.11 Å². The molecule has 0 aliphatic carbocycles. The standard InChI is InChI=1S/C11H16N2O.ClH/c1-14-11-4-2-10(3-5-11)13-7-6-9(12)8-13;/h2-5,9H,6-8,12H2,1H3;1H/t9-;/m1./s1. The van der Waals surface area contributed by atoms with Crippen molar-refractivity contribution < 1.29 is 4.74 Å². The number of halogens is 1. The molecular formula is C11H17ClN2O. The lowest BCUT2D eigenvalue weighted by Gasteiger charge is -2.18. The van der Waals surface area contributed by atoms with Crippen molar-refractivity contribution in [2.45, 2.75) is 12.5 Å². The van der Waals surface area contributed by atoms with Crippen molar-refractivity contribution in [1.82, 2.24) is 0 Å². The summed E-state index contributed by atoms with van der Waals surface area (Å²) in [5.41, 5.74) is 7.09. The van der Waals surface area contributed by atoms with Gasteiger partial charge in [-0.2, -0.15) is 0 Å². The third-order valence-electron chi connectivity index (χ3n) is 2.66. The predicted octanol–water partition coefficient (Wildman–Crippen LogP) is 1.65. The molecule has 3 nitrogen and oxygen atoms in total. The highest BCUT2D eigenvalue weighted by Crippen LogP contribution is 2.22. The maximum Gasteiger partial charge on any atom is 0.119 e. The first-order valence-corrected chi connectivity index (χ1v) is 4.94. The molecule has 1 aliphatic heterocycles. The molecule has 1 atom stereocenters. The number of anilines is 1. The molecule has 1 aromatic carbocycles. The van der Waals surface area contributed by atoms with Crippen molar-refractivity contribution in [3.63, 3.8) is 0 Å². The SMILES string of the molecule is COc1ccc(N2CC[C@@H](N)C2)cc1.Cl. The molecule has 1 aliphatic rings. The zero-order chi connectivity index (χ0) is 9.97. The molecule has 0 saturated carbocycles. The normalized spacial score (nSPS) is 19.9. The zero-order valence-corrected chi connectivity index (χ0v) is 9.67. The fourth-order valence-electron chi connectivity index (χ4n) is 1.81. The number of benzene rings is 1. The van der Waals surface area contributed by atoms with Crippen LogP contribution in [-0.4, -0.2) is 26.2 Å². The van der Waals surface area contributed by atoms with Crippen LogP contribution in [0.3, 0.4) is 0 Å². The van der Waals surface area contributed by atoms with Gasteiger partial charge in [0.2, 0.25) is 0 Å². The van der Waals surface area contributed by atoms with Gasteiger partial charge in [0.25, 0.3) is 0 Å². The summed E-state index contributed by atoms with van der Waals surface area (Å²) in [6, 6.07) is 8.46. The summed E-state index contributed by atoms with van der Waals surface area (Å²) >= 11 is 0. The van der Waals surface area contributed by atoms with Gasteiger partial charge in [0.15, 0.2) is 0 Å². The highest BCUT2D eigenvalue weighted by Gasteiger charge is 2.18. The highest BCUT2D eigenvalue weighted by atomic mass is 35.5. The van der Waals surface area contributed by atoms with Crippen LogP contribution in [0.1, 0.15) is 6.42 Å². The van der Waals surface area contributed by atoms with E-state index in [2.05, 4.69) is 17.0 Å². The molecule has 84 valence electrons. The second-order valence-electron chi connectivity index (χ2n) is 3.69. The van der Waals surface area contributed by atoms with Crippen molar-refractivity contribution in [3.8, 4) is 5.75 Å². The van der Waals surface area contributed by atoms with E-state index in [4.69, 9.17) is 10.5 Å². The molecule has 0 unspecified atom stereocenters. The first-order valence-electron chi connectivity index (χ1n) is 4.94. The number of methoxy groups -OCH3 is 1. The maximum absolute atomic E-state index is 5.85. The summed E-state index contributed by atoms with van der Waals surface area (Å²) in [6.45, 7) is 2.03. The smallest absolute Gasteiger partial charge is 0.119 e. The molecule has 1 fully saturated rings. The number of ether oxygens (including phenoxy) is 1. The molecule has 15 heavy (non-hydrogen) atoms. The summed E-state index contributed by atoms with van der Waals surface area (Å²) < 4.78 is 5.11. The molecule has 0 bridgehead atoms. The summed E-state index contributed by atoms with van der Waals surface area (Å²) in [4.78, 5) is 2.31. The molecule has 2 rings (SSSR count). The number of hydrogen-bond acceptors (Lipinski definition) is 3. The first-order chi connectivity index (χ1) is 6.79. The summed E-state index contributed by atoms with van der Waals surface area (Å²) in [7, 11) is 1.68. The Labute approximate surface area is 96.6 Å². The quantitative estimate of drug-likeness (QED) is 0.837. The second kappa shape index (κ2) is 5.24. The Bertz CT molecular complexity index is 302. The number of nitrogens with two attached hydrogens (primary N) is 1. The van der Waals surface area contributed by atoms with Gasteiger partial charge < -0.3 is 15.4 Å². The largest absolute Gasteiger partial charge is 0.497 e. The minimum atomic E-state index is 0. The van der Waals surface area contributed by atoms with Crippen LogP contribution in [0.5, 0.6) is 5.75 Å². The van der Waals surface area contributed by atoms with E-state index < -0.39 is 0 Å². The molecule has 1 saturated heterocycles. The van der Waals surface area contributed by atoms with Gasteiger partial charge in [-0.1, -0.05) is 0 Å². The van der Waals surface area contributed by atoms with Crippen LogP contribution >= 0.6 is 12.4 Å². The molecule has 1 heterocycles. The number of nitrogens with zero attached hydrogens (tertiary/aromatic N) is 1. The molecule has 0 spiro atoms. The van der Waals surface area contributed by atoms with Gasteiger partial charge in [0, 0.05) is 24.8 Å². The Balaban J connectivity index is 0.00000112. The van der Waals surface area contributed by atoms with Crippen molar-refractivity contribution in [2.75, 3.05) is 25.1 Å². The molecule has 1 aromatic rings. The van der Waals surface area contributed by atoms with Crippen LogP contribution in [0.4, 0.5) is 5.69 Å². The van der Waals surface area contributed by atoms with Crippen LogP contribution in [0.15, 0.2) is 24.3 Å². The third-order valence-corrected chi connectivity index (χ3v) is 2.66. The Morgan fingerprint density at radius 1 is 1.33 bits per heavy atom. The Morgan fingerprint density at radius 2 is 2.00 bits per heavy atom. The van der Waals surface area contributed by atoms with Gasteiger partial charge in [0.1, 0.15) is 5.75 Å². The van der Waals surface area contributed by atoms with Crippen molar-refractivity contribution in [3.05, 3.63) is 24.3 Å². The van der Waals surface area contributed by atoms with Crippen LogP contribution in [-0.2, 0) is 0 Å². The van der Waals surface area contributed by atoms with E-state index in [9.17, 15) is 0 Å². The highest BCUT2D eigenvalue weighted by molar-refractivity contribution is 5.85. The molecular weight excluding hydrogens is 212 g/mol. The minimum absolute atomic E-state index is 0. The third kappa shape index (κ3) is 2.76. The van der Waals surface area contributed by atoms with Gasteiger partial charge in [-0.3, -0.25) is 0 Å². The van der Waals surface area contributed by atoms with Crippen molar-refractivity contribution in [1.29, 1.82) is 0 Å². The zero-order valence-electron chi connectivity index (χ0n) is 8.85. The summed E-state index contributed by atoms with van der Waals surface area (Å²) in [5.74, 6) is 0.900. The second-order valence-corrected chi connectivity index (χ2v) is 3.69. The average Bonchev–Trinajstić information content (AvgIpc) is 2.65. The van der Waals surface area contributed by atoms with Crippen molar-refractivity contribution >= 4 is 18.1 Å². The Morgan fingerprint density at radius 3 is 2.47 bits per heavy atom. The fraction of sp³-hybridized carbons (Fsp3) is 0.455. The molecule has 0 aromatic heterocycles. The number of rotatable bonds is 2. The van der Waals surface area contributed by atoms with Gasteiger partial charge in [-0.05, 0) is 30.7 Å². The van der Waals surface area contributed by atoms with E-state index in [1.807, 2.05) is 12.1 Å². The van der Waals surface area contributed by atoms with Gasteiger partial charge in [-0.25, -0.2) is 0 Å². The molecule has 0 radical (unpaired) electrons. The molecule has 4 heteroatoms. The first kappa shape index (κ1) is 12.1. The summed E-state index contributed by atoms with van der Waals surface area (Å²) in [5, 5.41) is 0. The minimum Gasteiger partial charge on any atom is -0.497 e. The molecule has 0 amide bonds. The van der Waals surface area contributed by atoms with E-state index >= 15 is 0 Å². The summed E-state index contributed by atoms with van der Waals surface area (Å²) in [6.07, 6.45) is 1.09. The van der Waals surface area contributed by atoms with Gasteiger partial charge in [-0.15, -0.1) is 12.4 Å². The topological polar surface area (TPSA) is 38.5 Å². The van der Waals surface area contributed by atoms with Crippen molar-refractivity contribution in [2.24, 2.45) is 5.73 Å². The lowest BCUT2D eigenvalue weighted by Crippen LogP contribution is -2.26. The number of hydrogen-bond donors (Lipinski definition) is 1. The Kier molecular flexibility index (Phi) is 4.24. The lowest BCUT2D eigenvalue weighted by atomic mass is 10.3. The molecule has 2 N–H and O–H groups in total. The fourth-order valence-corrected chi connectivity index (χ4v) is 1.81. The van der Waals surface area contributed by atoms with E-state index in [0.29, 0.717) is 6.04 Å². The van der Waals surface area contributed by atoms with E-state index in [-0.39, 0.29) is 12.4 Å². The van der Waals surface area contributed by atoms with E-state index in [0.717, 1.165) is 25.3 Å². The lowest BCUT2D eigenvalue weighted by molar-refractivity contribution is 0.415. The Hall–Kier alpha value is -0.930. The van der Waals surface area contributed by atoms with Crippen LogP contribution in [0.2, 0.25) is 0 Å². The van der Waals surface area contributed by atoms with Gasteiger partial charge in [0.05, 0.1) is 7.11 Å². The van der Waals surface area contributed by atoms with E-state index in [1.165, 1.54) is 5.69 Å². The predicted molar refractivity (Wildman–Crippen MR) is 65.0 cm³/mol.